The molecule has 1 heteroatoms. The van der Waals surface area contributed by atoms with Crippen LogP contribution in [0.15, 0.2) is 0 Å². The molecule has 0 radical (unpaired) electrons. The molecule has 18 heavy (non-hydrogen) atoms. The Bertz CT molecular complexity index is 143. The van der Waals surface area contributed by atoms with Crippen molar-refractivity contribution in [1.82, 2.24) is 0 Å². The van der Waals surface area contributed by atoms with Crippen LogP contribution in [0, 0.1) is 0 Å². The first-order valence-corrected chi connectivity index (χ1v) is 8.45. The maximum absolute atomic E-state index is 9.13. The number of aliphatic hydroxyl groups excluding tert-OH is 1. The molecule has 0 bridgehead atoms. The summed E-state index contributed by atoms with van der Waals surface area (Å²) in [5.41, 5.74) is 0. The van der Waals surface area contributed by atoms with E-state index in [2.05, 4.69) is 6.92 Å². The summed E-state index contributed by atoms with van der Waals surface area (Å²) in [6, 6.07) is 0. The molecule has 0 rings (SSSR count). The molecular formula is C17H36O. The van der Waals surface area contributed by atoms with Crippen molar-refractivity contribution >= 4 is 0 Å². The minimum atomic E-state index is -0.0993. The molecule has 1 N–H and O–H groups in total. The molecule has 0 spiro atoms. The zero-order valence-electron chi connectivity index (χ0n) is 12.9. The minimum Gasteiger partial charge on any atom is -0.393 e. The second kappa shape index (κ2) is 15.0. The summed E-state index contributed by atoms with van der Waals surface area (Å²) in [6.07, 6.45) is 19.0. The van der Waals surface area contributed by atoms with Gasteiger partial charge in [-0.2, -0.15) is 0 Å². The van der Waals surface area contributed by atoms with Crippen LogP contribution in [0.5, 0.6) is 0 Å². The van der Waals surface area contributed by atoms with Crippen LogP contribution < -0.4 is 0 Å². The first kappa shape index (κ1) is 18.0. The highest BCUT2D eigenvalue weighted by atomic mass is 16.3. The summed E-state index contributed by atoms with van der Waals surface area (Å²) >= 11 is 0. The Balaban J connectivity index is 2.90. The molecule has 0 unspecified atom stereocenters. The Morgan fingerprint density at radius 2 is 0.944 bits per heavy atom. The maximum Gasteiger partial charge on any atom is 0.0512 e. The molecule has 0 amide bonds. The van der Waals surface area contributed by atoms with Crippen molar-refractivity contribution in [3.63, 3.8) is 0 Å². The molecule has 0 aliphatic heterocycles. The number of aliphatic hydroxyl groups is 1. The van der Waals surface area contributed by atoms with Gasteiger partial charge in [-0.3, -0.25) is 0 Å². The third-order valence-corrected chi connectivity index (χ3v) is 3.73. The predicted molar refractivity (Wildman–Crippen MR) is 82.0 cm³/mol. The fourth-order valence-corrected chi connectivity index (χ4v) is 2.46. The van der Waals surface area contributed by atoms with Gasteiger partial charge in [-0.05, 0) is 13.3 Å². The van der Waals surface area contributed by atoms with Gasteiger partial charge in [0, 0.05) is 0 Å². The van der Waals surface area contributed by atoms with Crippen molar-refractivity contribution in [2.75, 3.05) is 0 Å². The van der Waals surface area contributed by atoms with E-state index in [-0.39, 0.29) is 6.10 Å². The monoisotopic (exact) mass is 256 g/mol. The van der Waals surface area contributed by atoms with E-state index in [4.69, 9.17) is 5.11 Å². The van der Waals surface area contributed by atoms with Crippen LogP contribution in [0.3, 0.4) is 0 Å². The highest BCUT2D eigenvalue weighted by Gasteiger charge is 1.96. The normalized spacial score (nSPS) is 12.8. The van der Waals surface area contributed by atoms with E-state index in [0.29, 0.717) is 0 Å². The average molecular weight is 256 g/mol. The Morgan fingerprint density at radius 3 is 1.28 bits per heavy atom. The zero-order chi connectivity index (χ0) is 13.5. The number of hydrogen-bond donors (Lipinski definition) is 1. The fourth-order valence-electron chi connectivity index (χ4n) is 2.46. The standard InChI is InChI=1S/C17H36O/c1-3-4-5-6-7-8-9-10-11-12-13-14-15-16-17(2)18/h17-18H,3-16H2,1-2H3/t17-/m1/s1. The van der Waals surface area contributed by atoms with E-state index in [1.54, 1.807) is 0 Å². The third kappa shape index (κ3) is 16.0. The van der Waals surface area contributed by atoms with Crippen molar-refractivity contribution in [3.8, 4) is 0 Å². The predicted octanol–water partition coefficient (Wildman–Crippen LogP) is 5.85. The van der Waals surface area contributed by atoms with Gasteiger partial charge in [-0.15, -0.1) is 0 Å². The largest absolute Gasteiger partial charge is 0.393 e. The van der Waals surface area contributed by atoms with Gasteiger partial charge in [-0.25, -0.2) is 0 Å². The van der Waals surface area contributed by atoms with Gasteiger partial charge < -0.3 is 5.11 Å². The van der Waals surface area contributed by atoms with Gasteiger partial charge in [-0.1, -0.05) is 90.4 Å². The molecule has 1 nitrogen and oxygen atoms in total. The summed E-state index contributed by atoms with van der Waals surface area (Å²) in [7, 11) is 0. The first-order chi connectivity index (χ1) is 8.77. The molecule has 0 saturated heterocycles. The lowest BCUT2D eigenvalue weighted by atomic mass is 10.0. The highest BCUT2D eigenvalue weighted by molar-refractivity contribution is 4.51. The lowest BCUT2D eigenvalue weighted by Gasteiger charge is -2.04. The molecule has 0 heterocycles. The van der Waals surface area contributed by atoms with E-state index in [9.17, 15) is 0 Å². The Hall–Kier alpha value is -0.0400. The second-order valence-corrected chi connectivity index (χ2v) is 5.88. The van der Waals surface area contributed by atoms with Crippen LogP contribution in [-0.2, 0) is 0 Å². The van der Waals surface area contributed by atoms with Crippen molar-refractivity contribution in [2.45, 2.75) is 110 Å². The van der Waals surface area contributed by atoms with Gasteiger partial charge in [0.25, 0.3) is 0 Å². The molecule has 0 fully saturated rings. The lowest BCUT2D eigenvalue weighted by Crippen LogP contribution is -1.98. The summed E-state index contributed by atoms with van der Waals surface area (Å²) in [6.45, 7) is 4.17. The maximum atomic E-state index is 9.13. The number of hydrogen-bond acceptors (Lipinski definition) is 1. The van der Waals surface area contributed by atoms with Crippen LogP contribution in [-0.4, -0.2) is 11.2 Å². The van der Waals surface area contributed by atoms with Gasteiger partial charge in [0.2, 0.25) is 0 Å². The first-order valence-electron chi connectivity index (χ1n) is 8.45. The Kier molecular flexibility index (Phi) is 15.0. The highest BCUT2D eigenvalue weighted by Crippen LogP contribution is 2.13. The van der Waals surface area contributed by atoms with Crippen molar-refractivity contribution in [1.29, 1.82) is 0 Å². The summed E-state index contributed by atoms with van der Waals surface area (Å²) in [5, 5.41) is 9.13. The van der Waals surface area contributed by atoms with Gasteiger partial charge >= 0.3 is 0 Å². The van der Waals surface area contributed by atoms with E-state index >= 15 is 0 Å². The lowest BCUT2D eigenvalue weighted by molar-refractivity contribution is 0.180. The summed E-state index contributed by atoms with van der Waals surface area (Å²) in [4.78, 5) is 0. The average Bonchev–Trinajstić information content (AvgIpc) is 2.34. The van der Waals surface area contributed by atoms with Crippen LogP contribution in [0.1, 0.15) is 104 Å². The van der Waals surface area contributed by atoms with Gasteiger partial charge in [0.05, 0.1) is 6.10 Å². The molecule has 0 aromatic carbocycles. The van der Waals surface area contributed by atoms with Crippen LogP contribution in [0.25, 0.3) is 0 Å². The smallest absolute Gasteiger partial charge is 0.0512 e. The fraction of sp³-hybridized carbons (Fsp3) is 1.00. The minimum absolute atomic E-state index is 0.0993. The van der Waals surface area contributed by atoms with Gasteiger partial charge in [0.15, 0.2) is 0 Å². The molecule has 0 aliphatic carbocycles. The molecule has 1 atom stereocenters. The molecule has 0 aliphatic rings. The van der Waals surface area contributed by atoms with Crippen LogP contribution in [0.4, 0.5) is 0 Å². The van der Waals surface area contributed by atoms with Crippen molar-refractivity contribution in [3.05, 3.63) is 0 Å². The topological polar surface area (TPSA) is 20.2 Å². The van der Waals surface area contributed by atoms with Crippen LogP contribution in [0.2, 0.25) is 0 Å². The molecule has 110 valence electrons. The van der Waals surface area contributed by atoms with E-state index in [1.165, 1.54) is 83.5 Å². The summed E-state index contributed by atoms with van der Waals surface area (Å²) < 4.78 is 0. The van der Waals surface area contributed by atoms with E-state index in [1.807, 2.05) is 6.92 Å². The number of rotatable bonds is 14. The molecule has 0 aromatic heterocycles. The summed E-state index contributed by atoms with van der Waals surface area (Å²) in [5.74, 6) is 0. The molecule has 0 aromatic rings. The van der Waals surface area contributed by atoms with E-state index in [0.717, 1.165) is 6.42 Å². The van der Waals surface area contributed by atoms with E-state index < -0.39 is 0 Å². The SMILES string of the molecule is CCCCCCCCCCCCCCC[C@@H](C)O. The van der Waals surface area contributed by atoms with Crippen LogP contribution >= 0.6 is 0 Å². The second-order valence-electron chi connectivity index (χ2n) is 5.88. The van der Waals surface area contributed by atoms with Crippen molar-refractivity contribution < 1.29 is 5.11 Å². The van der Waals surface area contributed by atoms with Gasteiger partial charge in [0.1, 0.15) is 0 Å². The molecule has 0 saturated carbocycles. The zero-order valence-corrected chi connectivity index (χ0v) is 12.9. The Morgan fingerprint density at radius 1 is 0.611 bits per heavy atom. The molecular weight excluding hydrogens is 220 g/mol. The van der Waals surface area contributed by atoms with Crippen molar-refractivity contribution in [2.24, 2.45) is 0 Å². The number of unbranched alkanes of at least 4 members (excludes halogenated alkanes) is 12. The Labute approximate surface area is 115 Å². The quantitative estimate of drug-likeness (QED) is 0.387. The third-order valence-electron chi connectivity index (χ3n) is 3.73.